The molecule has 0 spiro atoms. The number of ether oxygens (including phenoxy) is 3. The summed E-state index contributed by atoms with van der Waals surface area (Å²) in [6.45, 7) is 8.99. The summed E-state index contributed by atoms with van der Waals surface area (Å²) in [6, 6.07) is 11.0. The van der Waals surface area contributed by atoms with Crippen LogP contribution in [0.3, 0.4) is 0 Å². The second kappa shape index (κ2) is 11.5. The van der Waals surface area contributed by atoms with Crippen LogP contribution in [-0.4, -0.2) is 54.9 Å². The fourth-order valence-electron chi connectivity index (χ4n) is 6.11. The molecule has 0 heterocycles. The summed E-state index contributed by atoms with van der Waals surface area (Å²) in [5.74, 6) is 0.963. The number of rotatable bonds is 12. The van der Waals surface area contributed by atoms with Gasteiger partial charge in [-0.05, 0) is 73.6 Å². The molecule has 4 rings (SSSR count). The number of carbonyl (C=O) groups is 2. The molecule has 2 N–H and O–H groups in total. The predicted octanol–water partition coefficient (Wildman–Crippen LogP) is 5.82. The van der Waals surface area contributed by atoms with E-state index in [1.807, 2.05) is 64.1 Å². The molecule has 1 atom stereocenters. The maximum Gasteiger partial charge on any atom is 0.329 e. The van der Waals surface area contributed by atoms with Crippen molar-refractivity contribution in [1.82, 2.24) is 10.2 Å². The average molecular weight is 539 g/mol. The Bertz CT molecular complexity index is 1180. The molecule has 2 aromatic carbocycles. The van der Waals surface area contributed by atoms with E-state index in [2.05, 4.69) is 5.32 Å². The van der Waals surface area contributed by atoms with Gasteiger partial charge in [0.2, 0.25) is 0 Å². The molecule has 2 aliphatic carbocycles. The summed E-state index contributed by atoms with van der Waals surface area (Å²) in [5, 5.41) is 12.9. The van der Waals surface area contributed by atoms with Gasteiger partial charge in [-0.2, -0.15) is 0 Å². The van der Waals surface area contributed by atoms with E-state index in [1.165, 1.54) is 0 Å². The number of benzene rings is 2. The van der Waals surface area contributed by atoms with Gasteiger partial charge in [0.15, 0.2) is 0 Å². The van der Waals surface area contributed by atoms with Gasteiger partial charge in [-0.15, -0.1) is 0 Å². The monoisotopic (exact) mass is 538 g/mol. The fraction of sp³-hybridized carbons (Fsp3) is 0.548. The van der Waals surface area contributed by atoms with Crippen LogP contribution in [0.25, 0.3) is 0 Å². The molecular weight excluding hydrogens is 496 g/mol. The van der Waals surface area contributed by atoms with E-state index < -0.39 is 17.5 Å². The SMILES string of the molecule is COc1cc(C(C)N(CCOCc2ccccc2)C(=O)NC2(C(=O)O)CC(C)(C)C2)c(C)c(OC)c1C1CC1. The highest BCUT2D eigenvalue weighted by molar-refractivity contribution is 5.87. The number of nitrogens with zero attached hydrogens (tertiary/aromatic N) is 1. The highest BCUT2D eigenvalue weighted by atomic mass is 16.5. The van der Waals surface area contributed by atoms with Gasteiger partial charge < -0.3 is 29.5 Å². The van der Waals surface area contributed by atoms with Crippen molar-refractivity contribution < 1.29 is 28.9 Å². The van der Waals surface area contributed by atoms with Gasteiger partial charge in [-0.3, -0.25) is 0 Å². The first kappa shape index (κ1) is 28.7. The van der Waals surface area contributed by atoms with E-state index in [4.69, 9.17) is 14.2 Å². The Morgan fingerprint density at radius 1 is 1.13 bits per heavy atom. The lowest BCUT2D eigenvalue weighted by Gasteiger charge is -2.51. The summed E-state index contributed by atoms with van der Waals surface area (Å²) in [5.41, 5.74) is 2.56. The molecule has 0 radical (unpaired) electrons. The van der Waals surface area contributed by atoms with Crippen molar-refractivity contribution in [1.29, 1.82) is 0 Å². The number of carbonyl (C=O) groups excluding carboxylic acids is 1. The van der Waals surface area contributed by atoms with Crippen LogP contribution in [0.1, 0.15) is 80.7 Å². The Morgan fingerprint density at radius 3 is 2.33 bits per heavy atom. The topological polar surface area (TPSA) is 97.3 Å². The Morgan fingerprint density at radius 2 is 1.79 bits per heavy atom. The highest BCUT2D eigenvalue weighted by Gasteiger charge is 2.56. The van der Waals surface area contributed by atoms with E-state index >= 15 is 0 Å². The van der Waals surface area contributed by atoms with E-state index in [-0.39, 0.29) is 18.0 Å². The largest absolute Gasteiger partial charge is 0.496 e. The van der Waals surface area contributed by atoms with Crippen LogP contribution < -0.4 is 14.8 Å². The van der Waals surface area contributed by atoms with Crippen LogP contribution in [-0.2, 0) is 16.1 Å². The number of hydrogen-bond acceptors (Lipinski definition) is 5. The number of nitrogens with one attached hydrogen (secondary N) is 1. The second-order valence-corrected chi connectivity index (χ2v) is 11.8. The van der Waals surface area contributed by atoms with E-state index in [0.717, 1.165) is 46.6 Å². The molecular formula is C31H42N2O6. The Balaban J connectivity index is 1.60. The van der Waals surface area contributed by atoms with Crippen LogP contribution >= 0.6 is 0 Å². The highest BCUT2D eigenvalue weighted by Crippen LogP contribution is 2.52. The van der Waals surface area contributed by atoms with Crippen LogP contribution in [0.15, 0.2) is 36.4 Å². The first-order valence-corrected chi connectivity index (χ1v) is 13.7. The van der Waals surface area contributed by atoms with Crippen molar-refractivity contribution in [2.45, 2.75) is 77.5 Å². The van der Waals surface area contributed by atoms with Crippen molar-refractivity contribution in [3.63, 3.8) is 0 Å². The van der Waals surface area contributed by atoms with Crippen LogP contribution in [0.5, 0.6) is 11.5 Å². The Kier molecular flexibility index (Phi) is 8.45. The molecule has 0 saturated heterocycles. The van der Waals surface area contributed by atoms with Crippen LogP contribution in [0.4, 0.5) is 4.79 Å². The molecule has 2 aliphatic rings. The summed E-state index contributed by atoms with van der Waals surface area (Å²) in [7, 11) is 3.32. The second-order valence-electron chi connectivity index (χ2n) is 11.8. The summed E-state index contributed by atoms with van der Waals surface area (Å²) in [4.78, 5) is 27.7. The third kappa shape index (κ3) is 6.16. The molecule has 0 aromatic heterocycles. The van der Waals surface area contributed by atoms with Gasteiger partial charge in [0.05, 0.1) is 33.5 Å². The number of urea groups is 1. The lowest BCUT2D eigenvalue weighted by Crippen LogP contribution is -2.67. The molecule has 0 aliphatic heterocycles. The number of hydrogen-bond donors (Lipinski definition) is 2. The third-order valence-corrected chi connectivity index (χ3v) is 8.06. The molecule has 8 heteroatoms. The van der Waals surface area contributed by atoms with Crippen LogP contribution in [0, 0.1) is 12.3 Å². The van der Waals surface area contributed by atoms with Gasteiger partial charge >= 0.3 is 12.0 Å². The van der Waals surface area contributed by atoms with Crippen molar-refractivity contribution in [3.8, 4) is 11.5 Å². The Hall–Kier alpha value is -3.26. The van der Waals surface area contributed by atoms with E-state index in [0.29, 0.717) is 32.0 Å². The number of methoxy groups -OCH3 is 2. The summed E-state index contributed by atoms with van der Waals surface area (Å²) in [6.07, 6.45) is 2.96. The minimum atomic E-state index is -1.27. The quantitative estimate of drug-likeness (QED) is 0.331. The lowest BCUT2D eigenvalue weighted by atomic mass is 9.59. The van der Waals surface area contributed by atoms with Crippen molar-refractivity contribution in [3.05, 3.63) is 58.7 Å². The van der Waals surface area contributed by atoms with Gasteiger partial charge in [0, 0.05) is 12.1 Å². The molecule has 1 unspecified atom stereocenters. The Labute approximate surface area is 231 Å². The molecule has 2 fully saturated rings. The minimum Gasteiger partial charge on any atom is -0.496 e. The fourth-order valence-corrected chi connectivity index (χ4v) is 6.11. The third-order valence-electron chi connectivity index (χ3n) is 8.06. The first-order chi connectivity index (χ1) is 18.5. The van der Waals surface area contributed by atoms with Gasteiger partial charge in [0.1, 0.15) is 17.0 Å². The zero-order valence-corrected chi connectivity index (χ0v) is 24.0. The van der Waals surface area contributed by atoms with Crippen molar-refractivity contribution in [2.24, 2.45) is 5.41 Å². The lowest BCUT2D eigenvalue weighted by molar-refractivity contribution is -0.154. The molecule has 2 saturated carbocycles. The molecule has 0 bridgehead atoms. The smallest absolute Gasteiger partial charge is 0.329 e. The van der Waals surface area contributed by atoms with Crippen molar-refractivity contribution >= 4 is 12.0 Å². The van der Waals surface area contributed by atoms with Crippen LogP contribution in [0.2, 0.25) is 0 Å². The number of amides is 2. The zero-order valence-electron chi connectivity index (χ0n) is 24.0. The standard InChI is InChI=1S/C31H42N2O6/c1-20-24(16-25(37-5)26(23-12-13-23)27(20)38-6)21(2)33(14-15-39-17-22-10-8-7-9-11-22)29(36)32-31(28(34)35)18-30(3,4)19-31/h7-11,16,21,23H,12-15,17-19H2,1-6H3,(H,32,36)(H,34,35). The molecule has 212 valence electrons. The molecule has 2 aromatic rings. The normalized spacial score (nSPS) is 18.0. The van der Waals surface area contributed by atoms with E-state index in [9.17, 15) is 14.7 Å². The molecule has 39 heavy (non-hydrogen) atoms. The number of carboxylic acids is 1. The van der Waals surface area contributed by atoms with Gasteiger partial charge in [-0.25, -0.2) is 9.59 Å². The maximum absolute atomic E-state index is 13.8. The minimum absolute atomic E-state index is 0.142. The van der Waals surface area contributed by atoms with Crippen molar-refractivity contribution in [2.75, 3.05) is 27.4 Å². The summed E-state index contributed by atoms with van der Waals surface area (Å²) >= 11 is 0. The molecule has 2 amide bonds. The predicted molar refractivity (Wildman–Crippen MR) is 149 cm³/mol. The summed E-state index contributed by atoms with van der Waals surface area (Å²) < 4.78 is 17.6. The number of carboxylic acid groups (broad SMARTS) is 1. The van der Waals surface area contributed by atoms with Gasteiger partial charge in [-0.1, -0.05) is 44.2 Å². The molecule has 8 nitrogen and oxygen atoms in total. The number of aliphatic carboxylic acids is 1. The average Bonchev–Trinajstić information content (AvgIpc) is 3.72. The zero-order chi connectivity index (χ0) is 28.4. The first-order valence-electron chi connectivity index (χ1n) is 13.7. The van der Waals surface area contributed by atoms with E-state index in [1.54, 1.807) is 19.1 Å². The maximum atomic E-state index is 13.8. The van der Waals surface area contributed by atoms with Gasteiger partial charge in [0.25, 0.3) is 0 Å².